The average Bonchev–Trinajstić information content (AvgIpc) is 3.30. The predicted molar refractivity (Wildman–Crippen MR) is 156 cm³/mol. The van der Waals surface area contributed by atoms with Gasteiger partial charge in [0.15, 0.2) is 0 Å². The second kappa shape index (κ2) is 13.9. The Bertz CT molecular complexity index is 1280. The van der Waals surface area contributed by atoms with Crippen LogP contribution in [0.4, 0.5) is 0 Å². The fraction of sp³-hybridized carbons (Fsp3) is 0.281. The summed E-state index contributed by atoms with van der Waals surface area (Å²) in [6.07, 6.45) is 2.09. The van der Waals surface area contributed by atoms with Crippen LogP contribution < -0.4 is 4.74 Å². The lowest BCUT2D eigenvalue weighted by molar-refractivity contribution is -0.144. The molecule has 0 aliphatic heterocycles. The first kappa shape index (κ1) is 27.6. The first-order valence-electron chi connectivity index (χ1n) is 13.0. The van der Waals surface area contributed by atoms with Gasteiger partial charge in [-0.3, -0.25) is 9.69 Å². The van der Waals surface area contributed by atoms with Gasteiger partial charge in [-0.05, 0) is 73.2 Å². The van der Waals surface area contributed by atoms with Gasteiger partial charge in [-0.1, -0.05) is 54.6 Å². The van der Waals surface area contributed by atoms with E-state index in [1.807, 2.05) is 37.3 Å². The number of aromatic nitrogens is 1. The number of ether oxygens (including phenoxy) is 2. The maximum atomic E-state index is 12.2. The molecular weight excluding hydrogens is 492 g/mol. The molecule has 4 rings (SSSR count). The lowest BCUT2D eigenvalue weighted by Gasteiger charge is -2.22. The highest BCUT2D eigenvalue weighted by Gasteiger charge is 2.13. The molecule has 0 aliphatic rings. The molecule has 0 bridgehead atoms. The molecule has 0 saturated heterocycles. The zero-order valence-electron chi connectivity index (χ0n) is 22.4. The lowest BCUT2D eigenvalue weighted by atomic mass is 10.1. The van der Waals surface area contributed by atoms with Gasteiger partial charge >= 0.3 is 5.97 Å². The fourth-order valence-corrected chi connectivity index (χ4v) is 4.89. The van der Waals surface area contributed by atoms with E-state index < -0.39 is 0 Å². The van der Waals surface area contributed by atoms with Crippen molar-refractivity contribution in [3.8, 4) is 17.0 Å². The Morgan fingerprint density at radius 2 is 1.55 bits per heavy atom. The molecule has 1 heterocycles. The van der Waals surface area contributed by atoms with Crippen molar-refractivity contribution in [2.75, 3.05) is 26.0 Å². The normalized spacial score (nSPS) is 11.1. The highest BCUT2D eigenvalue weighted by Crippen LogP contribution is 2.25. The minimum atomic E-state index is -0.205. The summed E-state index contributed by atoms with van der Waals surface area (Å²) >= 11 is 1.75. The number of hydrogen-bond donors (Lipinski definition) is 0. The molecule has 0 spiro atoms. The molecule has 0 aliphatic carbocycles. The van der Waals surface area contributed by atoms with Gasteiger partial charge in [0.1, 0.15) is 12.4 Å². The number of carbonyl (C=O) groups excluding carboxylic acids is 1. The third-order valence-electron chi connectivity index (χ3n) is 6.40. The fourth-order valence-electron chi connectivity index (χ4n) is 4.48. The van der Waals surface area contributed by atoms with Crippen LogP contribution in [0.3, 0.4) is 0 Å². The van der Waals surface area contributed by atoms with Crippen LogP contribution in [-0.4, -0.2) is 41.5 Å². The van der Waals surface area contributed by atoms with Crippen LogP contribution in [0.15, 0.2) is 95.9 Å². The van der Waals surface area contributed by atoms with Gasteiger partial charge < -0.3 is 14.0 Å². The Morgan fingerprint density at radius 3 is 2.21 bits per heavy atom. The van der Waals surface area contributed by atoms with Gasteiger partial charge in [0.2, 0.25) is 0 Å². The highest BCUT2D eigenvalue weighted by molar-refractivity contribution is 7.98. The maximum Gasteiger partial charge on any atom is 0.320 e. The first-order valence-corrected chi connectivity index (χ1v) is 14.2. The van der Waals surface area contributed by atoms with Crippen LogP contribution in [0.1, 0.15) is 23.7 Å². The van der Waals surface area contributed by atoms with Crippen molar-refractivity contribution >= 4 is 17.7 Å². The molecule has 198 valence electrons. The van der Waals surface area contributed by atoms with Crippen LogP contribution in [0, 0.1) is 6.92 Å². The largest absolute Gasteiger partial charge is 0.492 e. The molecule has 3 aromatic carbocycles. The van der Waals surface area contributed by atoms with Crippen LogP contribution in [0.5, 0.6) is 5.75 Å². The van der Waals surface area contributed by atoms with Crippen molar-refractivity contribution < 1.29 is 14.3 Å². The molecule has 38 heavy (non-hydrogen) atoms. The zero-order valence-corrected chi connectivity index (χ0v) is 23.2. The number of aryl methyl sites for hydroxylation is 1. The average molecular weight is 529 g/mol. The van der Waals surface area contributed by atoms with Gasteiger partial charge in [-0.2, -0.15) is 0 Å². The third kappa shape index (κ3) is 7.76. The molecule has 0 atom stereocenters. The molecule has 0 N–H and O–H groups in total. The van der Waals surface area contributed by atoms with Crippen molar-refractivity contribution in [2.24, 2.45) is 0 Å². The summed E-state index contributed by atoms with van der Waals surface area (Å²) in [5.41, 5.74) is 5.91. The van der Waals surface area contributed by atoms with Crippen molar-refractivity contribution in [1.82, 2.24) is 9.47 Å². The van der Waals surface area contributed by atoms with Gasteiger partial charge in [-0.25, -0.2) is 0 Å². The van der Waals surface area contributed by atoms with E-state index in [2.05, 4.69) is 83.3 Å². The summed E-state index contributed by atoms with van der Waals surface area (Å²) in [6, 6.07) is 31.4. The van der Waals surface area contributed by atoms with Crippen LogP contribution >= 0.6 is 11.8 Å². The summed E-state index contributed by atoms with van der Waals surface area (Å²) in [5.74, 6) is 0.632. The molecule has 0 unspecified atom stereocenters. The van der Waals surface area contributed by atoms with E-state index >= 15 is 0 Å². The van der Waals surface area contributed by atoms with Crippen molar-refractivity contribution in [3.63, 3.8) is 0 Å². The Kier molecular flexibility index (Phi) is 10.1. The number of hydrogen-bond acceptors (Lipinski definition) is 5. The molecule has 0 fully saturated rings. The Balaban J connectivity index is 1.35. The highest BCUT2D eigenvalue weighted by atomic mass is 32.2. The number of benzene rings is 3. The molecule has 4 aromatic rings. The van der Waals surface area contributed by atoms with E-state index in [-0.39, 0.29) is 12.5 Å². The van der Waals surface area contributed by atoms with E-state index in [0.717, 1.165) is 23.4 Å². The first-order chi connectivity index (χ1) is 18.6. The van der Waals surface area contributed by atoms with E-state index in [1.54, 1.807) is 11.8 Å². The van der Waals surface area contributed by atoms with E-state index in [1.165, 1.54) is 21.8 Å². The summed E-state index contributed by atoms with van der Waals surface area (Å²) < 4.78 is 13.6. The standard InChI is InChI=1S/C32H36N2O3S/c1-4-36-32(35)24-33(22-26-8-6-5-7-9-26)23-27-11-15-29(16-12-27)37-21-20-34-25(2)10-19-31(34)28-13-17-30(38-3)18-14-28/h5-19H,4,20-24H2,1-3H3. The molecule has 0 saturated carbocycles. The zero-order chi connectivity index (χ0) is 26.7. The van der Waals surface area contributed by atoms with Crippen LogP contribution in [0.25, 0.3) is 11.3 Å². The van der Waals surface area contributed by atoms with Gasteiger partial charge in [0.05, 0.1) is 19.7 Å². The smallest absolute Gasteiger partial charge is 0.320 e. The number of carbonyl (C=O) groups is 1. The molecule has 0 radical (unpaired) electrons. The van der Waals surface area contributed by atoms with E-state index in [9.17, 15) is 4.79 Å². The van der Waals surface area contributed by atoms with Crippen molar-refractivity contribution in [3.05, 3.63) is 108 Å². The second-order valence-corrected chi connectivity index (χ2v) is 10.0. The van der Waals surface area contributed by atoms with Gasteiger partial charge in [0.25, 0.3) is 0 Å². The lowest BCUT2D eigenvalue weighted by Crippen LogP contribution is -2.30. The topological polar surface area (TPSA) is 43.7 Å². The number of rotatable bonds is 13. The van der Waals surface area contributed by atoms with E-state index in [4.69, 9.17) is 9.47 Å². The second-order valence-electron chi connectivity index (χ2n) is 9.17. The molecular formula is C32H36N2O3S. The molecule has 5 nitrogen and oxygen atoms in total. The van der Waals surface area contributed by atoms with Crippen molar-refractivity contribution in [2.45, 2.75) is 38.4 Å². The molecule has 6 heteroatoms. The Hall–Kier alpha value is -3.48. The summed E-state index contributed by atoms with van der Waals surface area (Å²) in [6.45, 7) is 7.27. The number of nitrogens with zero attached hydrogens (tertiary/aromatic N) is 2. The predicted octanol–water partition coefficient (Wildman–Crippen LogP) is 6.83. The van der Waals surface area contributed by atoms with Gasteiger partial charge in [-0.15, -0.1) is 11.8 Å². The monoisotopic (exact) mass is 528 g/mol. The van der Waals surface area contributed by atoms with Gasteiger partial charge in [0, 0.05) is 29.4 Å². The minimum Gasteiger partial charge on any atom is -0.492 e. The summed E-state index contributed by atoms with van der Waals surface area (Å²) in [5, 5.41) is 0. The summed E-state index contributed by atoms with van der Waals surface area (Å²) in [4.78, 5) is 15.5. The quantitative estimate of drug-likeness (QED) is 0.141. The summed E-state index contributed by atoms with van der Waals surface area (Å²) in [7, 11) is 0. The van der Waals surface area contributed by atoms with Crippen LogP contribution in [0.2, 0.25) is 0 Å². The number of thioether (sulfide) groups is 1. The number of esters is 1. The maximum absolute atomic E-state index is 12.2. The van der Waals surface area contributed by atoms with Crippen LogP contribution in [-0.2, 0) is 29.2 Å². The SMILES string of the molecule is CCOC(=O)CN(Cc1ccccc1)Cc1ccc(OCCn2c(C)ccc2-c2ccc(SC)cc2)cc1. The molecule has 1 aromatic heterocycles. The Labute approximate surface area is 230 Å². The Morgan fingerprint density at radius 1 is 0.868 bits per heavy atom. The third-order valence-corrected chi connectivity index (χ3v) is 7.15. The minimum absolute atomic E-state index is 0.205. The van der Waals surface area contributed by atoms with Crippen molar-refractivity contribution in [1.29, 1.82) is 0 Å². The molecule has 0 amide bonds. The van der Waals surface area contributed by atoms with E-state index in [0.29, 0.717) is 26.3 Å².